The Labute approximate surface area is 187 Å². The number of benzene rings is 2. The zero-order valence-electron chi connectivity index (χ0n) is 18.3. The number of nitrogens with one attached hydrogen (secondary N) is 2. The van der Waals surface area contributed by atoms with Gasteiger partial charge in [0.2, 0.25) is 10.0 Å². The van der Waals surface area contributed by atoms with E-state index in [-0.39, 0.29) is 22.9 Å². The summed E-state index contributed by atoms with van der Waals surface area (Å²) in [7, 11) is -3.59. The molecule has 0 aliphatic heterocycles. The molecule has 0 bridgehead atoms. The maximum absolute atomic E-state index is 12.7. The standard InChI is InChI=1S/C23H27N3O3S2/c1-14(2)26-31(28,29)20-12-10-18(11-13-20)22(27)24-16(4)21-17(5)25-23(30-21)19-8-6-15(3)7-9-19/h6-14,16,26H,1-5H3,(H,24,27). The number of rotatable bonds is 7. The van der Waals surface area contributed by atoms with Gasteiger partial charge in [0.25, 0.3) is 5.91 Å². The number of nitrogens with zero attached hydrogens (tertiary/aromatic N) is 1. The lowest BCUT2D eigenvalue weighted by Gasteiger charge is -2.14. The molecule has 0 spiro atoms. The fourth-order valence-corrected chi connectivity index (χ4v) is 5.46. The summed E-state index contributed by atoms with van der Waals surface area (Å²) in [6.07, 6.45) is 0. The van der Waals surface area contributed by atoms with E-state index in [2.05, 4.69) is 27.2 Å². The molecule has 1 atom stereocenters. The minimum absolute atomic E-state index is 0.131. The second-order valence-corrected chi connectivity index (χ2v) is 10.6. The molecule has 0 saturated carbocycles. The molecule has 1 heterocycles. The highest BCUT2D eigenvalue weighted by Gasteiger charge is 2.19. The fourth-order valence-electron chi connectivity index (χ4n) is 3.14. The predicted octanol–water partition coefficient (Wildman–Crippen LogP) is 4.60. The SMILES string of the molecule is Cc1ccc(-c2nc(C)c(C(C)NC(=O)c3ccc(S(=O)(=O)NC(C)C)cc3)s2)cc1. The number of sulfonamides is 1. The van der Waals surface area contributed by atoms with Crippen LogP contribution in [0.1, 0.15) is 53.3 Å². The van der Waals surface area contributed by atoms with Crippen LogP contribution in [0.4, 0.5) is 0 Å². The number of aryl methyl sites for hydroxylation is 2. The first-order chi connectivity index (χ1) is 14.6. The predicted molar refractivity (Wildman–Crippen MR) is 125 cm³/mol. The number of hydrogen-bond acceptors (Lipinski definition) is 5. The summed E-state index contributed by atoms with van der Waals surface area (Å²) in [4.78, 5) is 18.5. The van der Waals surface area contributed by atoms with Crippen LogP contribution in [-0.4, -0.2) is 25.4 Å². The normalized spacial score (nSPS) is 12.7. The molecule has 0 fully saturated rings. The van der Waals surface area contributed by atoms with E-state index in [1.165, 1.54) is 29.8 Å². The Kier molecular flexibility index (Phi) is 6.93. The first-order valence-electron chi connectivity index (χ1n) is 10.0. The minimum Gasteiger partial charge on any atom is -0.345 e. The molecule has 6 nitrogen and oxygen atoms in total. The molecule has 1 amide bonds. The van der Waals surface area contributed by atoms with Gasteiger partial charge in [0.1, 0.15) is 5.01 Å². The van der Waals surface area contributed by atoms with Crippen molar-refractivity contribution in [3.63, 3.8) is 0 Å². The molecule has 1 unspecified atom stereocenters. The molecule has 0 aliphatic rings. The van der Waals surface area contributed by atoms with Gasteiger partial charge in [0.15, 0.2) is 0 Å². The largest absolute Gasteiger partial charge is 0.345 e. The van der Waals surface area contributed by atoms with Crippen molar-refractivity contribution in [2.45, 2.75) is 51.6 Å². The monoisotopic (exact) mass is 457 g/mol. The summed E-state index contributed by atoms with van der Waals surface area (Å²) >= 11 is 1.56. The van der Waals surface area contributed by atoms with Crippen molar-refractivity contribution >= 4 is 27.3 Å². The Balaban J connectivity index is 1.73. The number of thiazole rings is 1. The maximum atomic E-state index is 12.7. The summed E-state index contributed by atoms with van der Waals surface area (Å²) in [6.45, 7) is 9.41. The van der Waals surface area contributed by atoms with Gasteiger partial charge in [0, 0.05) is 17.2 Å². The molecule has 0 aliphatic carbocycles. The maximum Gasteiger partial charge on any atom is 0.251 e. The van der Waals surface area contributed by atoms with Crippen LogP contribution in [0.15, 0.2) is 53.4 Å². The molecule has 31 heavy (non-hydrogen) atoms. The highest BCUT2D eigenvalue weighted by atomic mass is 32.2. The Hall–Kier alpha value is -2.55. The van der Waals surface area contributed by atoms with Crippen LogP contribution in [0.2, 0.25) is 0 Å². The first kappa shape index (κ1) is 23.1. The van der Waals surface area contributed by atoms with Gasteiger partial charge in [-0.05, 0) is 58.9 Å². The third-order valence-electron chi connectivity index (χ3n) is 4.69. The lowest BCUT2D eigenvalue weighted by Crippen LogP contribution is -2.30. The van der Waals surface area contributed by atoms with Crippen LogP contribution in [-0.2, 0) is 10.0 Å². The van der Waals surface area contributed by atoms with E-state index in [4.69, 9.17) is 0 Å². The summed E-state index contributed by atoms with van der Waals surface area (Å²) in [5, 5.41) is 3.90. The highest BCUT2D eigenvalue weighted by Crippen LogP contribution is 2.32. The first-order valence-corrected chi connectivity index (χ1v) is 12.3. The Morgan fingerprint density at radius 1 is 0.968 bits per heavy atom. The van der Waals surface area contributed by atoms with Crippen LogP contribution < -0.4 is 10.0 Å². The quantitative estimate of drug-likeness (QED) is 0.542. The summed E-state index contributed by atoms with van der Waals surface area (Å²) in [5.74, 6) is -0.266. The van der Waals surface area contributed by atoms with Crippen molar-refractivity contribution in [3.8, 4) is 10.6 Å². The number of carbonyl (C=O) groups excluding carboxylic acids is 1. The molecule has 2 aromatic carbocycles. The van der Waals surface area contributed by atoms with E-state index in [1.54, 1.807) is 25.2 Å². The van der Waals surface area contributed by atoms with Crippen molar-refractivity contribution in [1.29, 1.82) is 0 Å². The van der Waals surface area contributed by atoms with Crippen molar-refractivity contribution in [1.82, 2.24) is 15.0 Å². The molecular weight excluding hydrogens is 430 g/mol. The van der Waals surface area contributed by atoms with E-state index >= 15 is 0 Å². The third-order valence-corrected chi connectivity index (χ3v) is 7.75. The Bertz CT molecular complexity index is 1170. The number of amides is 1. The van der Waals surface area contributed by atoms with Crippen LogP contribution in [0, 0.1) is 13.8 Å². The zero-order valence-corrected chi connectivity index (χ0v) is 19.9. The number of carbonyl (C=O) groups is 1. The van der Waals surface area contributed by atoms with E-state index < -0.39 is 10.0 Å². The molecule has 2 N–H and O–H groups in total. The lowest BCUT2D eigenvalue weighted by atomic mass is 10.1. The minimum atomic E-state index is -3.59. The Morgan fingerprint density at radius 2 is 1.58 bits per heavy atom. The molecule has 3 aromatic rings. The average molecular weight is 458 g/mol. The van der Waals surface area contributed by atoms with Gasteiger partial charge in [-0.3, -0.25) is 4.79 Å². The van der Waals surface area contributed by atoms with Gasteiger partial charge >= 0.3 is 0 Å². The number of aromatic nitrogens is 1. The van der Waals surface area contributed by atoms with E-state index in [0.29, 0.717) is 5.56 Å². The van der Waals surface area contributed by atoms with E-state index in [9.17, 15) is 13.2 Å². The van der Waals surface area contributed by atoms with Gasteiger partial charge in [0.05, 0.1) is 21.5 Å². The van der Waals surface area contributed by atoms with Crippen molar-refractivity contribution in [2.75, 3.05) is 0 Å². The molecule has 3 rings (SSSR count). The van der Waals surface area contributed by atoms with Gasteiger partial charge in [-0.25, -0.2) is 18.1 Å². The molecule has 0 radical (unpaired) electrons. The smallest absolute Gasteiger partial charge is 0.251 e. The van der Waals surface area contributed by atoms with E-state index in [0.717, 1.165) is 21.1 Å². The Morgan fingerprint density at radius 3 is 2.16 bits per heavy atom. The molecule has 1 aromatic heterocycles. The molecule has 164 valence electrons. The lowest BCUT2D eigenvalue weighted by molar-refractivity contribution is 0.0940. The van der Waals surface area contributed by atoms with Gasteiger partial charge in [-0.2, -0.15) is 0 Å². The van der Waals surface area contributed by atoms with Crippen LogP contribution >= 0.6 is 11.3 Å². The van der Waals surface area contributed by atoms with Gasteiger partial charge < -0.3 is 5.32 Å². The zero-order chi connectivity index (χ0) is 22.8. The summed E-state index contributed by atoms with van der Waals surface area (Å²) < 4.78 is 27.0. The van der Waals surface area contributed by atoms with Crippen molar-refractivity contribution < 1.29 is 13.2 Å². The topological polar surface area (TPSA) is 88.2 Å². The highest BCUT2D eigenvalue weighted by molar-refractivity contribution is 7.89. The average Bonchev–Trinajstić information content (AvgIpc) is 3.09. The summed E-state index contributed by atoms with van der Waals surface area (Å²) in [6, 6.07) is 13.7. The molecule has 0 saturated heterocycles. The molecule has 8 heteroatoms. The van der Waals surface area contributed by atoms with E-state index in [1.807, 2.05) is 32.9 Å². The van der Waals surface area contributed by atoms with Crippen LogP contribution in [0.25, 0.3) is 10.6 Å². The summed E-state index contributed by atoms with van der Waals surface area (Å²) in [5.41, 5.74) is 3.53. The fraction of sp³-hybridized carbons (Fsp3) is 0.304. The van der Waals surface area contributed by atoms with Crippen LogP contribution in [0.3, 0.4) is 0 Å². The van der Waals surface area contributed by atoms with Gasteiger partial charge in [-0.1, -0.05) is 29.8 Å². The second kappa shape index (κ2) is 9.30. The van der Waals surface area contributed by atoms with Crippen molar-refractivity contribution in [3.05, 3.63) is 70.2 Å². The van der Waals surface area contributed by atoms with Crippen molar-refractivity contribution in [2.24, 2.45) is 0 Å². The van der Waals surface area contributed by atoms with Gasteiger partial charge in [-0.15, -0.1) is 11.3 Å². The van der Waals surface area contributed by atoms with Crippen LogP contribution in [0.5, 0.6) is 0 Å². The number of hydrogen-bond donors (Lipinski definition) is 2. The molecular formula is C23H27N3O3S2. The second-order valence-electron chi connectivity index (χ2n) is 7.83. The third kappa shape index (κ3) is 5.58.